The van der Waals surface area contributed by atoms with Gasteiger partial charge in [0.25, 0.3) is 0 Å². The topological polar surface area (TPSA) is 221 Å². The average molecular weight is 1030 g/mol. The summed E-state index contributed by atoms with van der Waals surface area (Å²) in [5.41, 5.74) is -6.74. The molecule has 2 aromatic rings. The lowest BCUT2D eigenvalue weighted by Crippen LogP contribution is -2.82. The zero-order chi connectivity index (χ0) is 50.6. The van der Waals surface area contributed by atoms with Gasteiger partial charge in [0.15, 0.2) is 18.0 Å². The summed E-state index contributed by atoms with van der Waals surface area (Å²) >= 11 is 17.8. The number of hydrogen-bond acceptors (Lipinski definition) is 16. The normalized spacial score (nSPS) is 33.2. The van der Waals surface area contributed by atoms with Gasteiger partial charge in [0, 0.05) is 30.6 Å². The minimum Gasteiger partial charge on any atom is -0.456 e. The Balaban J connectivity index is 1.42. The Hall–Kier alpha value is -4.20. The number of fused-ring (bicyclic) bond motifs is 8. The van der Waals surface area contributed by atoms with Gasteiger partial charge in [0.1, 0.15) is 54.4 Å². The zero-order valence-electron chi connectivity index (χ0n) is 39.8. The zero-order valence-corrected chi connectivity index (χ0v) is 42.1. The Morgan fingerprint density at radius 3 is 2.13 bits per heavy atom. The maximum absolute atomic E-state index is 14.7. The van der Waals surface area contributed by atoms with Gasteiger partial charge in [-0.1, -0.05) is 111 Å². The van der Waals surface area contributed by atoms with Crippen LogP contribution in [0, 0.1) is 16.7 Å². The third kappa shape index (κ3) is 10.0. The van der Waals surface area contributed by atoms with Crippen molar-refractivity contribution in [3.05, 3.63) is 82.9 Å². The molecule has 3 N–H and O–H groups in total. The Kier molecular flexibility index (Phi) is 14.8. The van der Waals surface area contributed by atoms with Crippen molar-refractivity contribution in [3.8, 4) is 0 Å². The summed E-state index contributed by atoms with van der Waals surface area (Å²) in [4.78, 5) is 69.3. The second kappa shape index (κ2) is 19.4. The molecular formula is C49H60Cl3NO16. The first-order valence-electron chi connectivity index (χ1n) is 22.8. The van der Waals surface area contributed by atoms with Crippen LogP contribution in [0.15, 0.2) is 71.8 Å². The number of carbonyl (C=O) groups excluding carboxylic acids is 5. The van der Waals surface area contributed by atoms with Crippen LogP contribution in [0.25, 0.3) is 0 Å². The standard InChI is InChI=1S/C49H60Cl3NO16/c1-10-32-65-36-33-25(2)29(63-41(57)35(55)34(27-17-13-11-14-18-27)53-42(58)69-44(4,5)6)22-48(60,45(33,7)8)39(67-40(56)28-19-15-12-16-20-28)37-46(9,38(36)66-32)30(64-43(59)62-24-49(50,51)52)21-31-47(37,23-61-31)68-26(3)54/h11-20,29-32,34-39,55,60H,10,21-24H2,1-9H3,(H,53,58)/t29-,30-,31+,32?,34-,35+,36+,37-,38+,39-,46+,47-,48+/m0/s1. The number of carbonyl (C=O) groups is 5. The maximum atomic E-state index is 14.7. The Labute approximate surface area is 415 Å². The highest BCUT2D eigenvalue weighted by molar-refractivity contribution is 6.67. The van der Waals surface area contributed by atoms with E-state index in [1.54, 1.807) is 97.0 Å². The number of benzene rings is 2. The Morgan fingerprint density at radius 1 is 0.928 bits per heavy atom. The first-order valence-corrected chi connectivity index (χ1v) is 23.9. The molecule has 2 saturated heterocycles. The van der Waals surface area contributed by atoms with Gasteiger partial charge < -0.3 is 58.2 Å². The van der Waals surface area contributed by atoms with E-state index in [-0.39, 0.29) is 18.6 Å². The fourth-order valence-electron chi connectivity index (χ4n) is 11.1. The molecule has 3 aliphatic carbocycles. The van der Waals surface area contributed by atoms with Crippen LogP contribution in [-0.2, 0) is 52.2 Å². The number of nitrogens with one attached hydrogen (secondary N) is 1. The molecule has 20 heteroatoms. The van der Waals surface area contributed by atoms with Crippen molar-refractivity contribution in [2.24, 2.45) is 16.7 Å². The molecule has 0 spiro atoms. The number of amides is 1. The predicted molar refractivity (Wildman–Crippen MR) is 247 cm³/mol. The molecular weight excluding hydrogens is 965 g/mol. The third-order valence-electron chi connectivity index (χ3n) is 14.2. The summed E-state index contributed by atoms with van der Waals surface area (Å²) in [5, 5.41) is 28.5. The van der Waals surface area contributed by atoms with Crippen LogP contribution in [0.3, 0.4) is 0 Å². The molecule has 0 aromatic heterocycles. The molecule has 2 aromatic carbocycles. The van der Waals surface area contributed by atoms with Gasteiger partial charge >= 0.3 is 30.2 Å². The molecule has 5 aliphatic rings. The van der Waals surface area contributed by atoms with Crippen LogP contribution >= 0.6 is 34.8 Å². The fraction of sp³-hybridized carbons (Fsp3) is 0.612. The lowest BCUT2D eigenvalue weighted by molar-refractivity contribution is -0.362. The van der Waals surface area contributed by atoms with Crippen molar-refractivity contribution >= 4 is 65.0 Å². The first kappa shape index (κ1) is 52.6. The van der Waals surface area contributed by atoms with Gasteiger partial charge in [0.2, 0.25) is 3.79 Å². The summed E-state index contributed by atoms with van der Waals surface area (Å²) in [6, 6.07) is 14.9. The summed E-state index contributed by atoms with van der Waals surface area (Å²) in [7, 11) is 0. The lowest BCUT2D eigenvalue weighted by Gasteiger charge is -2.69. The van der Waals surface area contributed by atoms with Gasteiger partial charge in [-0.2, -0.15) is 0 Å². The molecule has 2 aliphatic heterocycles. The number of halogens is 3. The number of aliphatic hydroxyl groups is 2. The van der Waals surface area contributed by atoms with Gasteiger partial charge in [-0.05, 0) is 63.0 Å². The summed E-state index contributed by atoms with van der Waals surface area (Å²) < 4.78 is 53.9. The number of esters is 3. The van der Waals surface area contributed by atoms with Crippen molar-refractivity contribution in [2.75, 3.05) is 13.2 Å². The molecule has 69 heavy (non-hydrogen) atoms. The second-order valence-electron chi connectivity index (χ2n) is 20.1. The highest BCUT2D eigenvalue weighted by atomic mass is 35.6. The summed E-state index contributed by atoms with van der Waals surface area (Å²) in [6.45, 7) is 14.0. The third-order valence-corrected chi connectivity index (χ3v) is 14.6. The molecule has 1 unspecified atom stereocenters. The van der Waals surface area contributed by atoms with Crippen LogP contribution in [0.1, 0.15) is 104 Å². The largest absolute Gasteiger partial charge is 0.508 e. The van der Waals surface area contributed by atoms with Gasteiger partial charge in [-0.3, -0.25) is 4.79 Å². The molecule has 2 heterocycles. The van der Waals surface area contributed by atoms with E-state index >= 15 is 0 Å². The fourth-order valence-corrected chi connectivity index (χ4v) is 11.2. The van der Waals surface area contributed by atoms with Crippen LogP contribution in [0.4, 0.5) is 9.59 Å². The van der Waals surface area contributed by atoms with Gasteiger partial charge in [-0.15, -0.1) is 0 Å². The quantitative estimate of drug-likeness (QED) is 0.0865. The summed E-state index contributed by atoms with van der Waals surface area (Å²) in [5.74, 6) is -4.15. The number of ether oxygens (including phenoxy) is 9. The molecule has 1 amide bonds. The van der Waals surface area contributed by atoms with Crippen molar-refractivity contribution in [2.45, 2.75) is 157 Å². The highest BCUT2D eigenvalue weighted by Gasteiger charge is 2.80. The average Bonchev–Trinajstić information content (AvgIpc) is 3.70. The van der Waals surface area contributed by atoms with E-state index in [1.807, 2.05) is 6.92 Å². The second-order valence-corrected chi connectivity index (χ2v) is 22.6. The van der Waals surface area contributed by atoms with E-state index in [4.69, 9.17) is 77.4 Å². The predicted octanol–water partition coefficient (Wildman–Crippen LogP) is 7.38. The van der Waals surface area contributed by atoms with E-state index in [1.165, 1.54) is 19.1 Å². The molecule has 4 fully saturated rings. The van der Waals surface area contributed by atoms with E-state index in [9.17, 15) is 34.2 Å². The van der Waals surface area contributed by atoms with Gasteiger partial charge in [-0.25, -0.2) is 19.2 Å². The number of alkyl halides is 3. The number of rotatable bonds is 11. The smallest absolute Gasteiger partial charge is 0.456 e. The molecule has 13 atom stereocenters. The van der Waals surface area contributed by atoms with Crippen molar-refractivity contribution in [3.63, 3.8) is 0 Å². The molecule has 17 nitrogen and oxygen atoms in total. The van der Waals surface area contributed by atoms with E-state index < -0.39 is 136 Å². The molecule has 2 saturated carbocycles. The van der Waals surface area contributed by atoms with Crippen LogP contribution in [-0.4, -0.2) is 123 Å². The number of hydrogen-bond donors (Lipinski definition) is 3. The molecule has 0 radical (unpaired) electrons. The first-order chi connectivity index (χ1) is 32.2. The summed E-state index contributed by atoms with van der Waals surface area (Å²) in [6.07, 6.45) is -13.0. The minimum absolute atomic E-state index is 0.104. The van der Waals surface area contributed by atoms with Crippen molar-refractivity contribution in [1.82, 2.24) is 5.32 Å². The van der Waals surface area contributed by atoms with Gasteiger partial charge in [0.05, 0.1) is 24.1 Å². The SMILES string of the molecule is CCC1O[C@@H]2C3=C(C)[C@@H](OC(=O)[C@H](O)[C@@H](NC(=O)OC(C)(C)C)c4ccccc4)C[C@@](O)([C@@H](OC(=O)c4ccccc4)[C@@H]4[C@]5(OC(C)=O)CO[C@@H]5C[C@H](OC(=O)OCC(Cl)(Cl)Cl)[C@@]4(C)[C@@H]2O1)C3(C)C. The highest BCUT2D eigenvalue weighted by Crippen LogP contribution is 2.67. The minimum atomic E-state index is -2.30. The Morgan fingerprint density at radius 2 is 1.57 bits per heavy atom. The lowest BCUT2D eigenvalue weighted by atomic mass is 9.44. The molecule has 2 bridgehead atoms. The van der Waals surface area contributed by atoms with Crippen LogP contribution < -0.4 is 5.32 Å². The van der Waals surface area contributed by atoms with E-state index in [2.05, 4.69) is 5.32 Å². The number of alkyl carbamates (subject to hydrolysis) is 1. The van der Waals surface area contributed by atoms with Crippen LogP contribution in [0.5, 0.6) is 0 Å². The maximum Gasteiger partial charge on any atom is 0.508 e. The van der Waals surface area contributed by atoms with E-state index in [0.717, 1.165) is 0 Å². The van der Waals surface area contributed by atoms with E-state index in [0.29, 0.717) is 23.1 Å². The van der Waals surface area contributed by atoms with Crippen LogP contribution in [0.2, 0.25) is 0 Å². The monoisotopic (exact) mass is 1020 g/mol. The number of aliphatic hydroxyl groups excluding tert-OH is 1. The molecule has 378 valence electrons. The van der Waals surface area contributed by atoms with Crippen molar-refractivity contribution < 1.29 is 76.8 Å². The molecule has 7 rings (SSSR count). The van der Waals surface area contributed by atoms with Crippen molar-refractivity contribution in [1.29, 1.82) is 0 Å². The Bertz CT molecular complexity index is 2300.